The summed E-state index contributed by atoms with van der Waals surface area (Å²) in [6.07, 6.45) is 5.51. The molecular formula is C11H12N6. The molecule has 0 aliphatic heterocycles. The quantitative estimate of drug-likeness (QED) is 0.710. The number of nitrogens with one attached hydrogen (secondary N) is 2. The van der Waals surface area contributed by atoms with Crippen LogP contribution in [-0.2, 0) is 6.54 Å². The van der Waals surface area contributed by atoms with Gasteiger partial charge in [0.1, 0.15) is 0 Å². The molecule has 3 rings (SSSR count). The van der Waals surface area contributed by atoms with Crippen LogP contribution in [0.15, 0.2) is 30.7 Å². The molecule has 0 aliphatic rings. The zero-order valence-corrected chi connectivity index (χ0v) is 9.38. The number of nitrogens with zero attached hydrogens (tertiary/aromatic N) is 4. The molecule has 0 atom stereocenters. The second-order valence-corrected chi connectivity index (χ2v) is 3.90. The van der Waals surface area contributed by atoms with E-state index in [1.807, 2.05) is 31.5 Å². The molecule has 0 radical (unpaired) electrons. The van der Waals surface area contributed by atoms with Gasteiger partial charge in [0.25, 0.3) is 0 Å². The highest BCUT2D eigenvalue weighted by Crippen LogP contribution is 2.08. The van der Waals surface area contributed by atoms with Crippen LogP contribution in [0.4, 0.5) is 5.95 Å². The smallest absolute Gasteiger partial charge is 0.243 e. The Morgan fingerprint density at radius 2 is 2.41 bits per heavy atom. The number of H-pyrrole nitrogens is 1. The minimum atomic E-state index is 0.622. The van der Waals surface area contributed by atoms with Crippen molar-refractivity contribution in [3.8, 4) is 0 Å². The van der Waals surface area contributed by atoms with Crippen molar-refractivity contribution in [2.24, 2.45) is 0 Å². The minimum Gasteiger partial charge on any atom is -0.349 e. The highest BCUT2D eigenvalue weighted by Gasteiger charge is 2.03. The summed E-state index contributed by atoms with van der Waals surface area (Å²) in [6, 6.07) is 4.00. The molecule has 3 aromatic heterocycles. The van der Waals surface area contributed by atoms with Gasteiger partial charge in [-0.25, -0.2) is 4.52 Å². The molecule has 86 valence electrons. The molecule has 0 aromatic carbocycles. The van der Waals surface area contributed by atoms with Crippen LogP contribution >= 0.6 is 0 Å². The standard InChI is InChI=1S/C11H12N6/c1-8-2-3-17-10(4-8)15-11(16-17)12-5-9-6-13-14-7-9/h2-4,6-7H,5H2,1H3,(H,12,16)(H,13,14). The molecule has 0 bridgehead atoms. The average molecular weight is 228 g/mol. The topological polar surface area (TPSA) is 70.9 Å². The molecule has 2 N–H and O–H groups in total. The van der Waals surface area contributed by atoms with Gasteiger partial charge in [0.05, 0.1) is 6.20 Å². The van der Waals surface area contributed by atoms with Crippen LogP contribution in [0, 0.1) is 6.92 Å². The summed E-state index contributed by atoms with van der Waals surface area (Å²) < 4.78 is 1.75. The van der Waals surface area contributed by atoms with Gasteiger partial charge in [-0.1, -0.05) is 0 Å². The maximum Gasteiger partial charge on any atom is 0.243 e. The second-order valence-electron chi connectivity index (χ2n) is 3.90. The number of anilines is 1. The predicted molar refractivity (Wildman–Crippen MR) is 63.6 cm³/mol. The Hall–Kier alpha value is -2.37. The first kappa shape index (κ1) is 9.83. The second kappa shape index (κ2) is 3.89. The molecule has 0 fully saturated rings. The molecule has 0 unspecified atom stereocenters. The third-order valence-electron chi connectivity index (χ3n) is 2.50. The third-order valence-corrected chi connectivity index (χ3v) is 2.50. The van der Waals surface area contributed by atoms with Crippen molar-refractivity contribution < 1.29 is 0 Å². The molecule has 0 aliphatic carbocycles. The van der Waals surface area contributed by atoms with Gasteiger partial charge < -0.3 is 5.32 Å². The van der Waals surface area contributed by atoms with E-state index in [0.717, 1.165) is 11.2 Å². The number of fused-ring (bicyclic) bond motifs is 1. The van der Waals surface area contributed by atoms with Crippen molar-refractivity contribution in [1.29, 1.82) is 0 Å². The summed E-state index contributed by atoms with van der Waals surface area (Å²) in [4.78, 5) is 4.38. The number of hydrogen-bond acceptors (Lipinski definition) is 4. The maximum atomic E-state index is 4.38. The summed E-state index contributed by atoms with van der Waals surface area (Å²) >= 11 is 0. The van der Waals surface area contributed by atoms with Crippen molar-refractivity contribution in [1.82, 2.24) is 24.8 Å². The van der Waals surface area contributed by atoms with E-state index in [2.05, 4.69) is 25.6 Å². The molecule has 3 heterocycles. The van der Waals surface area contributed by atoms with E-state index >= 15 is 0 Å². The lowest BCUT2D eigenvalue weighted by atomic mass is 10.3. The van der Waals surface area contributed by atoms with Crippen LogP contribution in [0.5, 0.6) is 0 Å². The van der Waals surface area contributed by atoms with Crippen molar-refractivity contribution in [2.75, 3.05) is 5.32 Å². The van der Waals surface area contributed by atoms with Crippen molar-refractivity contribution >= 4 is 11.6 Å². The number of hydrogen-bond donors (Lipinski definition) is 2. The normalized spacial score (nSPS) is 10.9. The van der Waals surface area contributed by atoms with Gasteiger partial charge in [0.15, 0.2) is 5.65 Å². The Morgan fingerprint density at radius 3 is 3.24 bits per heavy atom. The number of aromatic nitrogens is 5. The average Bonchev–Trinajstić information content (AvgIpc) is 2.94. The maximum absolute atomic E-state index is 4.38. The molecule has 3 aromatic rings. The van der Waals surface area contributed by atoms with E-state index in [-0.39, 0.29) is 0 Å². The monoisotopic (exact) mass is 228 g/mol. The van der Waals surface area contributed by atoms with Gasteiger partial charge >= 0.3 is 0 Å². The van der Waals surface area contributed by atoms with Crippen molar-refractivity contribution in [3.63, 3.8) is 0 Å². The van der Waals surface area contributed by atoms with E-state index in [1.54, 1.807) is 10.7 Å². The number of aryl methyl sites for hydroxylation is 1. The van der Waals surface area contributed by atoms with Gasteiger partial charge in [-0.3, -0.25) is 5.10 Å². The third kappa shape index (κ3) is 1.96. The van der Waals surface area contributed by atoms with E-state index in [1.165, 1.54) is 5.56 Å². The van der Waals surface area contributed by atoms with Crippen molar-refractivity contribution in [2.45, 2.75) is 13.5 Å². The Bertz CT molecular complexity index is 625. The number of aromatic amines is 1. The Morgan fingerprint density at radius 1 is 1.47 bits per heavy atom. The van der Waals surface area contributed by atoms with Crippen LogP contribution in [-0.4, -0.2) is 24.8 Å². The molecule has 6 nitrogen and oxygen atoms in total. The fourth-order valence-electron chi connectivity index (χ4n) is 1.61. The van der Waals surface area contributed by atoms with E-state index in [4.69, 9.17) is 0 Å². The summed E-state index contributed by atoms with van der Waals surface area (Å²) in [5.41, 5.74) is 3.09. The highest BCUT2D eigenvalue weighted by molar-refractivity contribution is 5.45. The van der Waals surface area contributed by atoms with Crippen LogP contribution in [0.1, 0.15) is 11.1 Å². The van der Waals surface area contributed by atoms with Crippen LogP contribution in [0.2, 0.25) is 0 Å². The fraction of sp³-hybridized carbons (Fsp3) is 0.182. The Balaban J connectivity index is 1.81. The van der Waals surface area contributed by atoms with E-state index in [9.17, 15) is 0 Å². The zero-order valence-electron chi connectivity index (χ0n) is 9.38. The minimum absolute atomic E-state index is 0.622. The van der Waals surface area contributed by atoms with Crippen LogP contribution in [0.3, 0.4) is 0 Å². The Labute approximate surface area is 97.7 Å². The molecule has 17 heavy (non-hydrogen) atoms. The molecule has 0 saturated heterocycles. The number of pyridine rings is 1. The van der Waals surface area contributed by atoms with E-state index < -0.39 is 0 Å². The lowest BCUT2D eigenvalue weighted by Gasteiger charge is -1.96. The molecular weight excluding hydrogens is 216 g/mol. The lowest BCUT2D eigenvalue weighted by Crippen LogP contribution is -2.00. The molecule has 0 saturated carbocycles. The highest BCUT2D eigenvalue weighted by atomic mass is 15.3. The zero-order chi connectivity index (χ0) is 11.7. The molecule has 6 heteroatoms. The Kier molecular flexibility index (Phi) is 2.25. The first-order chi connectivity index (χ1) is 8.31. The fourth-order valence-corrected chi connectivity index (χ4v) is 1.61. The van der Waals surface area contributed by atoms with Crippen LogP contribution in [0.25, 0.3) is 5.65 Å². The molecule has 0 amide bonds. The summed E-state index contributed by atoms with van der Waals surface area (Å²) in [5.74, 6) is 0.622. The summed E-state index contributed by atoms with van der Waals surface area (Å²) in [6.45, 7) is 2.69. The number of rotatable bonds is 3. The first-order valence-corrected chi connectivity index (χ1v) is 5.36. The van der Waals surface area contributed by atoms with Gasteiger partial charge in [0.2, 0.25) is 5.95 Å². The summed E-state index contributed by atoms with van der Waals surface area (Å²) in [5, 5.41) is 14.1. The van der Waals surface area contributed by atoms with E-state index in [0.29, 0.717) is 12.5 Å². The largest absolute Gasteiger partial charge is 0.349 e. The van der Waals surface area contributed by atoms with Gasteiger partial charge in [-0.2, -0.15) is 10.1 Å². The lowest BCUT2D eigenvalue weighted by molar-refractivity contribution is 0.948. The predicted octanol–water partition coefficient (Wildman–Crippen LogP) is 1.37. The van der Waals surface area contributed by atoms with Gasteiger partial charge in [0, 0.05) is 24.5 Å². The van der Waals surface area contributed by atoms with Crippen LogP contribution < -0.4 is 5.32 Å². The SMILES string of the molecule is Cc1ccn2nc(NCc3cn[nH]c3)nc2c1. The summed E-state index contributed by atoms with van der Waals surface area (Å²) in [7, 11) is 0. The van der Waals surface area contributed by atoms with Gasteiger partial charge in [-0.15, -0.1) is 5.10 Å². The molecule has 0 spiro atoms. The van der Waals surface area contributed by atoms with Crippen molar-refractivity contribution in [3.05, 3.63) is 41.9 Å². The van der Waals surface area contributed by atoms with Gasteiger partial charge in [-0.05, 0) is 24.6 Å². The first-order valence-electron chi connectivity index (χ1n) is 5.36.